The largest absolute Gasteiger partial charge is 0.394 e. The number of alkyl halides is 1. The number of aliphatic hydroxyl groups is 7. The maximum absolute atomic E-state index is 10.1. The first-order chi connectivity index (χ1) is 27.9. The van der Waals surface area contributed by atoms with Crippen LogP contribution in [0, 0.1) is 0 Å². The smallest absolute Gasteiger partial charge is 0.167 e. The maximum Gasteiger partial charge on any atom is 0.167 e. The Morgan fingerprint density at radius 2 is 0.897 bits per heavy atom. The van der Waals surface area contributed by atoms with Crippen LogP contribution in [0.2, 0.25) is 0 Å². The standard InChI is InChI=1S/C11H15N5O3S.C10H12ClN5O3.C10H13N5O4/c1-20-2-5-7(17)8(18)11(19-5)16-4-15-6-9(12)13-3-14-10(6)16;11-1-4-6(17)7(18)10(19-4)16-3-15-5-8(12)13-2-14-9(5)16;11-8-5-9(13-2-12-8)15(3-14-5)10-7(18)6(17)4(1-16)19-10/h3-5,7-8,11,17-18H,2H2,1H3,(H2,12,13,14);2-4,6-7,10,17-18H,1H2,(H2,12,13,14);2-4,6-7,10,16-18H,1H2,(H2,11,12,13)/t5?,7-,8-,11?;2*4?,6-,7-,10?/m000/s1. The van der Waals surface area contributed by atoms with Gasteiger partial charge in [-0.2, -0.15) is 11.8 Å². The molecule has 312 valence electrons. The van der Waals surface area contributed by atoms with Crippen molar-refractivity contribution in [2.24, 2.45) is 0 Å². The van der Waals surface area contributed by atoms with Gasteiger partial charge in [0, 0.05) is 5.75 Å². The topological polar surface area (TPSA) is 378 Å². The highest BCUT2D eigenvalue weighted by Crippen LogP contribution is 2.35. The molecule has 6 aromatic rings. The van der Waals surface area contributed by atoms with Gasteiger partial charge < -0.3 is 67.2 Å². The van der Waals surface area contributed by atoms with E-state index in [2.05, 4.69) is 44.9 Å². The highest BCUT2D eigenvalue weighted by molar-refractivity contribution is 7.98. The normalized spacial score (nSPS) is 30.8. The molecule has 6 aromatic heterocycles. The van der Waals surface area contributed by atoms with Crippen molar-refractivity contribution >= 4 is 74.3 Å². The van der Waals surface area contributed by atoms with Crippen molar-refractivity contribution in [3.63, 3.8) is 0 Å². The third kappa shape index (κ3) is 7.53. The lowest BCUT2D eigenvalue weighted by atomic mass is 10.1. The van der Waals surface area contributed by atoms with Gasteiger partial charge in [0.05, 0.1) is 37.6 Å². The Kier molecular flexibility index (Phi) is 12.3. The molecule has 0 radical (unpaired) electrons. The summed E-state index contributed by atoms with van der Waals surface area (Å²) in [5.74, 6) is 1.40. The molecule has 0 aromatic carbocycles. The van der Waals surface area contributed by atoms with Crippen molar-refractivity contribution in [2.75, 3.05) is 41.7 Å². The highest BCUT2D eigenvalue weighted by Gasteiger charge is 2.46. The van der Waals surface area contributed by atoms with E-state index >= 15 is 0 Å². The number of anilines is 3. The molecule has 13 N–H and O–H groups in total. The van der Waals surface area contributed by atoms with Crippen LogP contribution in [0.5, 0.6) is 0 Å². The van der Waals surface area contributed by atoms with Crippen LogP contribution in [0.25, 0.3) is 33.5 Å². The van der Waals surface area contributed by atoms with Crippen molar-refractivity contribution in [1.82, 2.24) is 58.6 Å². The third-order valence-electron chi connectivity index (χ3n) is 9.66. The summed E-state index contributed by atoms with van der Waals surface area (Å²) in [4.78, 5) is 36.0. The monoisotopic (exact) mass is 849 g/mol. The Balaban J connectivity index is 0.000000132. The molecule has 0 spiro atoms. The van der Waals surface area contributed by atoms with Crippen molar-refractivity contribution in [2.45, 2.75) is 73.6 Å². The van der Waals surface area contributed by atoms with Gasteiger partial charge in [-0.25, -0.2) is 44.9 Å². The number of ether oxygens (including phenoxy) is 3. The molecule has 12 atom stereocenters. The van der Waals surface area contributed by atoms with Gasteiger partial charge in [-0.1, -0.05) is 0 Å². The number of nitrogen functional groups attached to an aromatic ring is 3. The number of hydrogen-bond acceptors (Lipinski definition) is 23. The maximum atomic E-state index is 10.1. The summed E-state index contributed by atoms with van der Waals surface area (Å²) in [6.07, 6.45) is -0.727. The Morgan fingerprint density at radius 1 is 0.552 bits per heavy atom. The molecule has 3 saturated heterocycles. The van der Waals surface area contributed by atoms with E-state index in [0.717, 1.165) is 0 Å². The molecule has 3 aliphatic rings. The Bertz CT molecular complexity index is 2230. The lowest BCUT2D eigenvalue weighted by molar-refractivity contribution is -0.0511. The fraction of sp³-hybridized carbons (Fsp3) is 0.516. The molecule has 9 heterocycles. The predicted octanol–water partition coefficient (Wildman–Crippen LogP) is -3.32. The number of halogens is 1. The second kappa shape index (κ2) is 17.3. The van der Waals surface area contributed by atoms with E-state index in [1.54, 1.807) is 16.3 Å². The SMILES string of the molecule is CSCC1OC(n2cnc3c(N)ncnc32)[C@@H](O)[C@H]1O.Nc1ncnc2c1ncn2C1OC(CCl)[C@H](O)[C@@H]1O.Nc1ncnc2c1ncn2C1OC(CO)[C@H](O)[C@@H]1O. The number of nitrogens with two attached hydrogens (primary N) is 3. The highest BCUT2D eigenvalue weighted by atomic mass is 35.5. The minimum Gasteiger partial charge on any atom is -0.394 e. The van der Waals surface area contributed by atoms with E-state index in [-0.39, 0.29) is 23.3 Å². The molecule has 0 amide bonds. The molecular weight excluding hydrogens is 810 g/mol. The Labute approximate surface area is 335 Å². The Hall–Kier alpha value is -4.71. The quantitative estimate of drug-likeness (QED) is 0.0702. The molecule has 9 rings (SSSR count). The summed E-state index contributed by atoms with van der Waals surface area (Å²) < 4.78 is 21.2. The van der Waals surface area contributed by atoms with E-state index in [4.69, 9.17) is 48.1 Å². The van der Waals surface area contributed by atoms with Gasteiger partial charge in [-0.3, -0.25) is 13.7 Å². The Morgan fingerprint density at radius 3 is 1.22 bits per heavy atom. The van der Waals surface area contributed by atoms with Gasteiger partial charge in [0.25, 0.3) is 0 Å². The predicted molar refractivity (Wildman–Crippen MR) is 203 cm³/mol. The lowest BCUT2D eigenvalue weighted by Crippen LogP contribution is -2.33. The summed E-state index contributed by atoms with van der Waals surface area (Å²) in [6, 6.07) is 0. The average Bonchev–Trinajstić information content (AvgIpc) is 4.08. The summed E-state index contributed by atoms with van der Waals surface area (Å²) in [5.41, 5.74) is 19.6. The van der Waals surface area contributed by atoms with Crippen LogP contribution < -0.4 is 17.2 Å². The first-order valence-corrected chi connectivity index (χ1v) is 19.3. The fourth-order valence-electron chi connectivity index (χ4n) is 6.63. The van der Waals surface area contributed by atoms with Crippen LogP contribution in [-0.4, -0.2) is 174 Å². The van der Waals surface area contributed by atoms with Crippen LogP contribution >= 0.6 is 23.4 Å². The minimum atomic E-state index is -1.19. The number of rotatable bonds is 7. The van der Waals surface area contributed by atoms with E-state index in [1.165, 1.54) is 47.1 Å². The van der Waals surface area contributed by atoms with E-state index in [0.29, 0.717) is 39.2 Å². The second-order valence-electron chi connectivity index (χ2n) is 13.2. The van der Waals surface area contributed by atoms with Gasteiger partial charge in [0.1, 0.15) is 84.4 Å². The zero-order chi connectivity index (χ0) is 41.4. The summed E-state index contributed by atoms with van der Waals surface area (Å²) in [6.45, 7) is -0.390. The molecule has 27 heteroatoms. The number of fused-ring (bicyclic) bond motifs is 3. The summed E-state index contributed by atoms with van der Waals surface area (Å²) in [5, 5.41) is 68.7. The first kappa shape index (κ1) is 41.4. The van der Waals surface area contributed by atoms with Crippen LogP contribution in [-0.2, 0) is 14.2 Å². The third-order valence-corrected chi connectivity index (χ3v) is 10.6. The number of thioether (sulfide) groups is 1. The number of aromatic nitrogens is 12. The van der Waals surface area contributed by atoms with E-state index in [1.807, 2.05) is 6.26 Å². The van der Waals surface area contributed by atoms with Crippen molar-refractivity contribution < 1.29 is 50.0 Å². The van der Waals surface area contributed by atoms with Crippen LogP contribution in [0.1, 0.15) is 18.7 Å². The van der Waals surface area contributed by atoms with Crippen molar-refractivity contribution in [3.8, 4) is 0 Å². The molecule has 3 fully saturated rings. The fourth-order valence-corrected chi connectivity index (χ4v) is 7.49. The summed E-state index contributed by atoms with van der Waals surface area (Å²) in [7, 11) is 0. The number of nitrogens with zero attached hydrogens (tertiary/aromatic N) is 12. The molecule has 0 bridgehead atoms. The molecule has 58 heavy (non-hydrogen) atoms. The molecule has 25 nitrogen and oxygen atoms in total. The van der Waals surface area contributed by atoms with Gasteiger partial charge >= 0.3 is 0 Å². The van der Waals surface area contributed by atoms with Crippen LogP contribution in [0.3, 0.4) is 0 Å². The van der Waals surface area contributed by atoms with Gasteiger partial charge in [-0.15, -0.1) is 11.6 Å². The average molecular weight is 850 g/mol. The second-order valence-corrected chi connectivity index (χ2v) is 14.4. The van der Waals surface area contributed by atoms with E-state index in [9.17, 15) is 30.6 Å². The lowest BCUT2D eigenvalue weighted by Gasteiger charge is -2.16. The van der Waals surface area contributed by atoms with E-state index < -0.39 is 80.2 Å². The molecule has 6 unspecified atom stereocenters. The zero-order valence-corrected chi connectivity index (χ0v) is 31.8. The van der Waals surface area contributed by atoms with Gasteiger partial charge in [0.2, 0.25) is 0 Å². The minimum absolute atomic E-state index is 0.0818. The molecule has 3 aliphatic heterocycles. The van der Waals surface area contributed by atoms with Crippen LogP contribution in [0.4, 0.5) is 17.5 Å². The molecule has 0 aliphatic carbocycles. The molecular formula is C31H40ClN15O10S. The number of imidazole rings is 3. The van der Waals surface area contributed by atoms with Crippen LogP contribution in [0.15, 0.2) is 38.0 Å². The molecule has 0 saturated carbocycles. The van der Waals surface area contributed by atoms with Gasteiger partial charge in [0.15, 0.2) is 53.1 Å². The first-order valence-electron chi connectivity index (χ1n) is 17.4. The number of hydrogen-bond donors (Lipinski definition) is 10. The van der Waals surface area contributed by atoms with Crippen molar-refractivity contribution in [1.29, 1.82) is 0 Å². The van der Waals surface area contributed by atoms with Gasteiger partial charge in [-0.05, 0) is 6.26 Å². The number of aliphatic hydroxyl groups excluding tert-OH is 7. The zero-order valence-electron chi connectivity index (χ0n) is 30.3. The van der Waals surface area contributed by atoms with Crippen molar-refractivity contribution in [3.05, 3.63) is 38.0 Å². The summed E-state index contributed by atoms with van der Waals surface area (Å²) >= 11 is 7.21.